The average molecular weight is 381 g/mol. The normalized spacial score (nSPS) is 11.7. The van der Waals surface area contributed by atoms with Gasteiger partial charge in [0.15, 0.2) is 0 Å². The van der Waals surface area contributed by atoms with E-state index in [4.69, 9.17) is 5.73 Å². The molecule has 0 saturated carbocycles. The van der Waals surface area contributed by atoms with Gasteiger partial charge in [-0.05, 0) is 18.6 Å². The Balaban J connectivity index is 2.35. The van der Waals surface area contributed by atoms with E-state index >= 15 is 0 Å². The van der Waals surface area contributed by atoms with Crippen molar-refractivity contribution in [3.63, 3.8) is 0 Å². The maximum atomic E-state index is 13.7. The smallest absolute Gasteiger partial charge is 0.417 e. The molecule has 142 valence electrons. The number of carbonyl (C=O) groups is 2. The number of hydrogen-bond acceptors (Lipinski definition) is 4. The number of alkyl halides is 3. The minimum atomic E-state index is -4.84. The molecule has 3 aromatic rings. The Morgan fingerprint density at radius 2 is 1.96 bits per heavy atom. The summed E-state index contributed by atoms with van der Waals surface area (Å²) >= 11 is 0. The summed E-state index contributed by atoms with van der Waals surface area (Å²) in [5, 5.41) is 12.0. The Kier molecular flexibility index (Phi) is 4.09. The number of amides is 2. The first-order valence-electron chi connectivity index (χ1n) is 7.56. The summed E-state index contributed by atoms with van der Waals surface area (Å²) < 4.78 is 42.8. The van der Waals surface area contributed by atoms with Gasteiger partial charge in [0.05, 0.1) is 11.1 Å². The van der Waals surface area contributed by atoms with Gasteiger partial charge in [0.25, 0.3) is 5.91 Å². The van der Waals surface area contributed by atoms with Crippen molar-refractivity contribution in [2.24, 2.45) is 12.8 Å². The molecule has 11 heteroatoms. The number of primary amides is 1. The van der Waals surface area contributed by atoms with Crippen LogP contribution in [0.15, 0.2) is 24.5 Å². The van der Waals surface area contributed by atoms with E-state index in [9.17, 15) is 27.9 Å². The number of imidazole rings is 1. The largest absolute Gasteiger partial charge is 0.494 e. The Hall–Kier alpha value is -3.50. The lowest BCUT2D eigenvalue weighted by Gasteiger charge is -2.13. The van der Waals surface area contributed by atoms with E-state index in [1.165, 1.54) is 30.0 Å². The summed E-state index contributed by atoms with van der Waals surface area (Å²) in [6.07, 6.45) is -1.96. The molecule has 2 aromatic heterocycles. The van der Waals surface area contributed by atoms with Gasteiger partial charge in [-0.15, -0.1) is 0 Å². The molecule has 0 bridgehead atoms. The predicted molar refractivity (Wildman–Crippen MR) is 89.5 cm³/mol. The van der Waals surface area contributed by atoms with Crippen LogP contribution in [-0.4, -0.2) is 31.2 Å². The number of nitrogens with one attached hydrogen (secondary N) is 1. The van der Waals surface area contributed by atoms with Crippen LogP contribution in [0.4, 0.5) is 23.9 Å². The molecule has 4 N–H and O–H groups in total. The summed E-state index contributed by atoms with van der Waals surface area (Å²) in [7, 11) is 1.56. The molecule has 3 rings (SSSR count). The fraction of sp³-hybridized carbons (Fsp3) is 0.188. The maximum Gasteiger partial charge on any atom is 0.417 e. The standard InChI is InChI=1S/C16H14F3N5O3/c1-7-3-4-8-9(11(7)16(17,18)19)10(13(26)24(8)14(20)27)12(25)22-15-21-5-6-23(15)2/h3-6,26H,1-2H3,(H2,20,27)(H,21,22,25). The van der Waals surface area contributed by atoms with Crippen molar-refractivity contribution in [1.82, 2.24) is 14.1 Å². The van der Waals surface area contributed by atoms with Gasteiger partial charge in [0, 0.05) is 24.8 Å². The highest BCUT2D eigenvalue weighted by atomic mass is 19.4. The van der Waals surface area contributed by atoms with E-state index < -0.39 is 40.5 Å². The molecule has 1 aromatic carbocycles. The second-order valence-electron chi connectivity index (χ2n) is 5.84. The molecular weight excluding hydrogens is 367 g/mol. The number of hydrogen-bond donors (Lipinski definition) is 3. The summed E-state index contributed by atoms with van der Waals surface area (Å²) in [4.78, 5) is 28.2. The number of anilines is 1. The van der Waals surface area contributed by atoms with Crippen molar-refractivity contribution in [2.45, 2.75) is 13.1 Å². The lowest BCUT2D eigenvalue weighted by molar-refractivity contribution is -0.136. The first-order chi connectivity index (χ1) is 12.5. The van der Waals surface area contributed by atoms with Gasteiger partial charge in [-0.1, -0.05) is 6.07 Å². The van der Waals surface area contributed by atoms with Crippen molar-refractivity contribution >= 4 is 28.8 Å². The van der Waals surface area contributed by atoms with Crippen molar-refractivity contribution in [1.29, 1.82) is 0 Å². The summed E-state index contributed by atoms with van der Waals surface area (Å²) in [5.41, 5.74) is 2.82. The van der Waals surface area contributed by atoms with E-state index in [0.717, 1.165) is 6.07 Å². The molecule has 0 saturated heterocycles. The Morgan fingerprint density at radius 3 is 2.48 bits per heavy atom. The summed E-state index contributed by atoms with van der Waals surface area (Å²) in [6.45, 7) is 1.21. The van der Waals surface area contributed by atoms with Crippen LogP contribution in [0.2, 0.25) is 0 Å². The van der Waals surface area contributed by atoms with E-state index in [0.29, 0.717) is 4.57 Å². The maximum absolute atomic E-state index is 13.7. The first-order valence-corrected chi connectivity index (χ1v) is 7.56. The number of nitrogens with two attached hydrogens (primary N) is 1. The Bertz CT molecular complexity index is 1080. The molecule has 0 spiro atoms. The van der Waals surface area contributed by atoms with Gasteiger partial charge in [0.1, 0.15) is 5.56 Å². The highest BCUT2D eigenvalue weighted by molar-refractivity contribution is 6.17. The van der Waals surface area contributed by atoms with Gasteiger partial charge in [-0.3, -0.25) is 10.1 Å². The number of fused-ring (bicyclic) bond motifs is 1. The van der Waals surface area contributed by atoms with Crippen molar-refractivity contribution in [2.75, 3.05) is 5.32 Å². The van der Waals surface area contributed by atoms with E-state index in [2.05, 4.69) is 10.3 Å². The fourth-order valence-corrected chi connectivity index (χ4v) is 2.93. The van der Waals surface area contributed by atoms with E-state index in [-0.39, 0.29) is 17.0 Å². The van der Waals surface area contributed by atoms with Crippen molar-refractivity contribution < 1.29 is 27.9 Å². The number of aromatic nitrogens is 3. The predicted octanol–water partition coefficient (Wildman–Crippen LogP) is 2.59. The Labute approximate surface area is 150 Å². The summed E-state index contributed by atoms with van der Waals surface area (Å²) in [6, 6.07) is 1.08. The number of carbonyl (C=O) groups excluding carboxylic acids is 2. The van der Waals surface area contributed by atoms with Crippen LogP contribution >= 0.6 is 0 Å². The van der Waals surface area contributed by atoms with Gasteiger partial charge in [-0.25, -0.2) is 14.3 Å². The van der Waals surface area contributed by atoms with Crippen LogP contribution in [0.1, 0.15) is 21.5 Å². The third kappa shape index (κ3) is 2.86. The van der Waals surface area contributed by atoms with Crippen LogP contribution in [0, 0.1) is 6.92 Å². The zero-order valence-corrected chi connectivity index (χ0v) is 14.1. The lowest BCUT2D eigenvalue weighted by Crippen LogP contribution is -2.19. The molecule has 8 nitrogen and oxygen atoms in total. The van der Waals surface area contributed by atoms with Crippen LogP contribution in [0.3, 0.4) is 0 Å². The molecule has 2 amide bonds. The molecule has 0 radical (unpaired) electrons. The van der Waals surface area contributed by atoms with Crippen LogP contribution in [0.25, 0.3) is 10.9 Å². The highest BCUT2D eigenvalue weighted by Gasteiger charge is 2.39. The third-order valence-electron chi connectivity index (χ3n) is 4.10. The second-order valence-corrected chi connectivity index (χ2v) is 5.84. The molecule has 0 aliphatic carbocycles. The monoisotopic (exact) mass is 381 g/mol. The molecule has 2 heterocycles. The first kappa shape index (κ1) is 18.3. The zero-order valence-electron chi connectivity index (χ0n) is 14.1. The van der Waals surface area contributed by atoms with Crippen LogP contribution in [-0.2, 0) is 13.2 Å². The molecule has 0 unspecified atom stereocenters. The number of halogens is 3. The minimum Gasteiger partial charge on any atom is -0.494 e. The summed E-state index contributed by atoms with van der Waals surface area (Å²) in [5.74, 6) is -2.01. The number of nitrogens with zero attached hydrogens (tertiary/aromatic N) is 3. The number of benzene rings is 1. The molecular formula is C16H14F3N5O3. The van der Waals surface area contributed by atoms with Gasteiger partial charge >= 0.3 is 12.2 Å². The van der Waals surface area contributed by atoms with E-state index in [1.807, 2.05) is 0 Å². The third-order valence-corrected chi connectivity index (χ3v) is 4.10. The van der Waals surface area contributed by atoms with Crippen LogP contribution < -0.4 is 11.1 Å². The quantitative estimate of drug-likeness (QED) is 0.633. The van der Waals surface area contributed by atoms with Gasteiger partial charge in [0.2, 0.25) is 11.8 Å². The van der Waals surface area contributed by atoms with Gasteiger partial charge in [-0.2, -0.15) is 13.2 Å². The SMILES string of the molecule is Cc1ccc2c(c(C(=O)Nc3nccn3C)c(O)n2C(N)=O)c1C(F)(F)F. The molecule has 0 aliphatic heterocycles. The number of aryl methyl sites for hydroxylation is 2. The Morgan fingerprint density at radius 1 is 1.30 bits per heavy atom. The zero-order chi connectivity index (χ0) is 20.1. The van der Waals surface area contributed by atoms with Crippen LogP contribution in [0.5, 0.6) is 5.88 Å². The average Bonchev–Trinajstić information content (AvgIpc) is 3.06. The van der Waals surface area contributed by atoms with Crippen molar-refractivity contribution in [3.05, 3.63) is 41.2 Å². The molecule has 0 fully saturated rings. The number of aromatic hydroxyl groups is 1. The molecule has 0 atom stereocenters. The highest BCUT2D eigenvalue weighted by Crippen LogP contribution is 2.42. The van der Waals surface area contributed by atoms with Gasteiger partial charge < -0.3 is 15.4 Å². The second kappa shape index (κ2) is 6.04. The topological polar surface area (TPSA) is 115 Å². The lowest BCUT2D eigenvalue weighted by atomic mass is 10.00. The number of rotatable bonds is 2. The minimum absolute atomic E-state index is 0.0422. The van der Waals surface area contributed by atoms with Crippen molar-refractivity contribution in [3.8, 4) is 5.88 Å². The molecule has 0 aliphatic rings. The van der Waals surface area contributed by atoms with E-state index in [1.54, 1.807) is 7.05 Å². The molecule has 27 heavy (non-hydrogen) atoms. The fourth-order valence-electron chi connectivity index (χ4n) is 2.93.